The summed E-state index contributed by atoms with van der Waals surface area (Å²) in [5.41, 5.74) is 2.84. The zero-order valence-corrected chi connectivity index (χ0v) is 14.0. The van der Waals surface area contributed by atoms with Gasteiger partial charge < -0.3 is 4.74 Å². The third kappa shape index (κ3) is 2.36. The van der Waals surface area contributed by atoms with Gasteiger partial charge in [-0.05, 0) is 44.9 Å². The summed E-state index contributed by atoms with van der Waals surface area (Å²) in [5, 5.41) is 0. The van der Waals surface area contributed by atoms with E-state index < -0.39 is 0 Å². The van der Waals surface area contributed by atoms with Crippen molar-refractivity contribution in [2.75, 3.05) is 7.11 Å². The number of rotatable bonds is 2. The Balaban J connectivity index is 2.41. The Morgan fingerprint density at radius 2 is 1.90 bits per heavy atom. The molecule has 2 nitrogen and oxygen atoms in total. The molecule has 0 aromatic heterocycles. The molecule has 0 amide bonds. The zero-order chi connectivity index (χ0) is 15.1. The maximum Gasteiger partial charge on any atom is 0.165 e. The monoisotopic (exact) mass is 278 g/mol. The summed E-state index contributed by atoms with van der Waals surface area (Å²) in [6.07, 6.45) is 4.38. The van der Waals surface area contributed by atoms with E-state index in [9.17, 15) is 4.79 Å². The van der Waals surface area contributed by atoms with Gasteiger partial charge in [0.1, 0.15) is 6.10 Å². The van der Waals surface area contributed by atoms with Crippen molar-refractivity contribution in [3.8, 4) is 0 Å². The molecule has 5 unspecified atom stereocenters. The molecule has 2 aliphatic carbocycles. The number of allylic oxidation sites excluding steroid dienone is 1. The van der Waals surface area contributed by atoms with Crippen molar-refractivity contribution in [3.63, 3.8) is 0 Å². The fourth-order valence-electron chi connectivity index (χ4n) is 4.45. The number of carbonyl (C=O) groups is 1. The van der Waals surface area contributed by atoms with Crippen molar-refractivity contribution in [1.82, 2.24) is 0 Å². The van der Waals surface area contributed by atoms with Gasteiger partial charge in [0.25, 0.3) is 0 Å². The van der Waals surface area contributed by atoms with Gasteiger partial charge in [-0.15, -0.1) is 0 Å². The van der Waals surface area contributed by atoms with Gasteiger partial charge in [-0.25, -0.2) is 0 Å². The lowest BCUT2D eigenvalue weighted by molar-refractivity contribution is -0.154. The molecule has 0 saturated heterocycles. The minimum absolute atomic E-state index is 0.158. The Hall–Kier alpha value is -0.630. The number of methoxy groups -OCH3 is 1. The standard InChI is InChI=1S/C18H30O2/c1-11(2)13(4)14-10-18(5)12(3)8-7-9-15(18)16(19)17(14)20-6/h12,14-15,17H,7-10H2,1-6H3. The molecule has 20 heavy (non-hydrogen) atoms. The molecule has 0 spiro atoms. The van der Waals surface area contributed by atoms with Crippen LogP contribution in [0.2, 0.25) is 0 Å². The first-order valence-corrected chi connectivity index (χ1v) is 8.03. The van der Waals surface area contributed by atoms with Gasteiger partial charge in [0.15, 0.2) is 5.78 Å². The van der Waals surface area contributed by atoms with Crippen molar-refractivity contribution in [3.05, 3.63) is 11.1 Å². The summed E-state index contributed by atoms with van der Waals surface area (Å²) in [6.45, 7) is 11.1. The van der Waals surface area contributed by atoms with Crippen LogP contribution in [0, 0.1) is 23.2 Å². The van der Waals surface area contributed by atoms with Crippen LogP contribution in [0.3, 0.4) is 0 Å². The number of fused-ring (bicyclic) bond motifs is 1. The number of ether oxygens (including phenoxy) is 1. The first-order chi connectivity index (χ1) is 9.32. The molecule has 0 radical (unpaired) electrons. The Bertz CT molecular complexity index is 419. The zero-order valence-electron chi connectivity index (χ0n) is 14.0. The van der Waals surface area contributed by atoms with E-state index in [1.807, 2.05) is 0 Å². The topological polar surface area (TPSA) is 26.3 Å². The van der Waals surface area contributed by atoms with E-state index in [0.29, 0.717) is 11.7 Å². The lowest BCUT2D eigenvalue weighted by Gasteiger charge is -2.53. The molecule has 2 rings (SSSR count). The van der Waals surface area contributed by atoms with Crippen LogP contribution >= 0.6 is 0 Å². The maximum atomic E-state index is 12.9. The quantitative estimate of drug-likeness (QED) is 0.700. The molecule has 0 aromatic carbocycles. The lowest BCUT2D eigenvalue weighted by Crippen LogP contribution is -2.54. The van der Waals surface area contributed by atoms with Gasteiger partial charge in [0.2, 0.25) is 0 Å². The van der Waals surface area contributed by atoms with Crippen molar-refractivity contribution in [1.29, 1.82) is 0 Å². The summed E-state index contributed by atoms with van der Waals surface area (Å²) in [5.74, 6) is 1.46. The second-order valence-electron chi connectivity index (χ2n) is 7.44. The molecule has 5 atom stereocenters. The van der Waals surface area contributed by atoms with Gasteiger partial charge in [-0.2, -0.15) is 0 Å². The summed E-state index contributed by atoms with van der Waals surface area (Å²) in [6, 6.07) is 0. The van der Waals surface area contributed by atoms with Crippen LogP contribution < -0.4 is 0 Å². The summed E-state index contributed by atoms with van der Waals surface area (Å²) in [7, 11) is 1.70. The second kappa shape index (κ2) is 5.63. The van der Waals surface area contributed by atoms with Crippen LogP contribution in [0.4, 0.5) is 0 Å². The minimum atomic E-state index is -0.228. The highest BCUT2D eigenvalue weighted by Gasteiger charge is 2.54. The predicted octanol–water partition coefficient (Wildman–Crippen LogP) is 4.39. The molecule has 0 heterocycles. The van der Waals surface area contributed by atoms with Crippen LogP contribution in [0.25, 0.3) is 0 Å². The number of carbonyl (C=O) groups excluding carboxylic acids is 1. The lowest BCUT2D eigenvalue weighted by atomic mass is 9.52. The van der Waals surface area contributed by atoms with Crippen LogP contribution in [0.1, 0.15) is 60.3 Å². The molecule has 0 bridgehead atoms. The number of ketones is 1. The van der Waals surface area contributed by atoms with Crippen LogP contribution in [0.15, 0.2) is 11.1 Å². The van der Waals surface area contributed by atoms with Crippen molar-refractivity contribution < 1.29 is 9.53 Å². The largest absolute Gasteiger partial charge is 0.373 e. The normalized spacial score (nSPS) is 41.2. The molecule has 2 saturated carbocycles. The van der Waals surface area contributed by atoms with Crippen molar-refractivity contribution in [2.24, 2.45) is 23.2 Å². The maximum absolute atomic E-state index is 12.9. The van der Waals surface area contributed by atoms with E-state index in [1.165, 1.54) is 24.0 Å². The SMILES string of the molecule is COC1C(=O)C2CCCC(C)C2(C)CC1C(C)=C(C)C. The fraction of sp³-hybridized carbons (Fsp3) is 0.833. The first kappa shape index (κ1) is 15.8. The molecule has 2 aliphatic rings. The fourth-order valence-corrected chi connectivity index (χ4v) is 4.45. The van der Waals surface area contributed by atoms with Crippen molar-refractivity contribution in [2.45, 2.75) is 66.4 Å². The Morgan fingerprint density at radius 3 is 2.45 bits per heavy atom. The molecule has 0 aromatic rings. The molecular weight excluding hydrogens is 248 g/mol. The predicted molar refractivity (Wildman–Crippen MR) is 82.6 cm³/mol. The third-order valence-corrected chi connectivity index (χ3v) is 6.30. The average molecular weight is 278 g/mol. The molecule has 2 fully saturated rings. The average Bonchev–Trinajstić information content (AvgIpc) is 2.39. The number of hydrogen-bond donors (Lipinski definition) is 0. The summed E-state index contributed by atoms with van der Waals surface area (Å²) < 4.78 is 5.63. The summed E-state index contributed by atoms with van der Waals surface area (Å²) >= 11 is 0. The van der Waals surface area contributed by atoms with Gasteiger partial charge in [0, 0.05) is 18.9 Å². The van der Waals surface area contributed by atoms with Crippen molar-refractivity contribution >= 4 is 5.78 Å². The van der Waals surface area contributed by atoms with E-state index in [2.05, 4.69) is 34.6 Å². The number of hydrogen-bond acceptors (Lipinski definition) is 2. The Morgan fingerprint density at radius 1 is 1.25 bits per heavy atom. The summed E-state index contributed by atoms with van der Waals surface area (Å²) in [4.78, 5) is 12.9. The molecule has 0 N–H and O–H groups in total. The molecule has 2 heteroatoms. The Kier molecular flexibility index (Phi) is 4.44. The molecule has 114 valence electrons. The Labute approximate surface area is 124 Å². The molecule has 0 aliphatic heterocycles. The van der Waals surface area contributed by atoms with Gasteiger partial charge in [0.05, 0.1) is 0 Å². The van der Waals surface area contributed by atoms with E-state index in [4.69, 9.17) is 4.74 Å². The van der Waals surface area contributed by atoms with E-state index >= 15 is 0 Å². The highest BCUT2D eigenvalue weighted by Crippen LogP contribution is 2.55. The van der Waals surface area contributed by atoms with Crippen LogP contribution in [-0.2, 0) is 9.53 Å². The number of Topliss-reactive ketones (excluding diaryl/α,β-unsaturated/α-hetero) is 1. The van der Waals surface area contributed by atoms with E-state index in [1.54, 1.807) is 7.11 Å². The van der Waals surface area contributed by atoms with Crippen LogP contribution in [0.5, 0.6) is 0 Å². The van der Waals surface area contributed by atoms with Gasteiger partial charge >= 0.3 is 0 Å². The molecular formula is C18H30O2. The highest BCUT2D eigenvalue weighted by atomic mass is 16.5. The highest BCUT2D eigenvalue weighted by molar-refractivity contribution is 5.88. The third-order valence-electron chi connectivity index (χ3n) is 6.30. The van der Waals surface area contributed by atoms with E-state index in [-0.39, 0.29) is 23.4 Å². The smallest absolute Gasteiger partial charge is 0.165 e. The van der Waals surface area contributed by atoms with Gasteiger partial charge in [-0.1, -0.05) is 37.8 Å². The first-order valence-electron chi connectivity index (χ1n) is 8.03. The van der Waals surface area contributed by atoms with E-state index in [0.717, 1.165) is 12.8 Å². The van der Waals surface area contributed by atoms with Gasteiger partial charge in [-0.3, -0.25) is 4.79 Å². The second-order valence-corrected chi connectivity index (χ2v) is 7.44. The van der Waals surface area contributed by atoms with Crippen LogP contribution in [-0.4, -0.2) is 19.0 Å². The minimum Gasteiger partial charge on any atom is -0.373 e.